The van der Waals surface area contributed by atoms with Gasteiger partial charge in [-0.25, -0.2) is 0 Å². The van der Waals surface area contributed by atoms with Gasteiger partial charge in [0.05, 0.1) is 23.9 Å². The maximum Gasteiger partial charge on any atom is 0.418 e. The second-order valence-electron chi connectivity index (χ2n) is 6.65. The predicted molar refractivity (Wildman–Crippen MR) is 106 cm³/mol. The summed E-state index contributed by atoms with van der Waals surface area (Å²) in [5.74, 6) is 1.42. The Kier molecular flexibility index (Phi) is 6.52. The molecule has 1 aromatic carbocycles. The number of rotatable bonds is 5. The summed E-state index contributed by atoms with van der Waals surface area (Å²) >= 11 is 11.3. The zero-order valence-electron chi connectivity index (χ0n) is 15.2. The molecule has 152 valence electrons. The molecule has 1 aliphatic rings. The van der Waals surface area contributed by atoms with E-state index in [1.165, 1.54) is 12.1 Å². The first kappa shape index (κ1) is 21.0. The highest BCUT2D eigenvalue weighted by atomic mass is 35.5. The number of thiocarbonyl (C=S) groups is 1. The van der Waals surface area contributed by atoms with Crippen LogP contribution in [0.4, 0.5) is 18.9 Å². The molecule has 3 rings (SSSR count). The van der Waals surface area contributed by atoms with Crippen molar-refractivity contribution in [3.05, 3.63) is 52.4 Å². The van der Waals surface area contributed by atoms with Crippen molar-refractivity contribution in [2.45, 2.75) is 38.6 Å². The number of nitrogens with zero attached hydrogens (tertiary/aromatic N) is 1. The largest absolute Gasteiger partial charge is 0.464 e. The van der Waals surface area contributed by atoms with Crippen molar-refractivity contribution in [3.63, 3.8) is 0 Å². The van der Waals surface area contributed by atoms with Gasteiger partial charge < -0.3 is 19.4 Å². The Morgan fingerprint density at radius 3 is 2.71 bits per heavy atom. The van der Waals surface area contributed by atoms with Gasteiger partial charge in [0.15, 0.2) is 5.11 Å². The van der Waals surface area contributed by atoms with Crippen LogP contribution in [0.5, 0.6) is 0 Å². The fraction of sp³-hybridized carbons (Fsp3) is 0.421. The minimum absolute atomic E-state index is 0.0303. The van der Waals surface area contributed by atoms with Crippen LogP contribution in [0.1, 0.15) is 29.9 Å². The molecule has 1 N–H and O–H groups in total. The summed E-state index contributed by atoms with van der Waals surface area (Å²) in [5, 5.41) is 3.05. The summed E-state index contributed by atoms with van der Waals surface area (Å²) in [7, 11) is 0. The Bertz CT molecular complexity index is 835. The van der Waals surface area contributed by atoms with E-state index in [0.29, 0.717) is 25.5 Å². The van der Waals surface area contributed by atoms with Crippen molar-refractivity contribution in [1.82, 2.24) is 4.90 Å². The van der Waals surface area contributed by atoms with Gasteiger partial charge in [0.1, 0.15) is 11.5 Å². The Labute approximate surface area is 171 Å². The van der Waals surface area contributed by atoms with Gasteiger partial charge in [-0.15, -0.1) is 0 Å². The van der Waals surface area contributed by atoms with Gasteiger partial charge in [0.25, 0.3) is 0 Å². The third kappa shape index (κ3) is 5.40. The average Bonchev–Trinajstić information content (AvgIpc) is 3.25. The van der Waals surface area contributed by atoms with Crippen LogP contribution >= 0.6 is 23.8 Å². The van der Waals surface area contributed by atoms with Crippen LogP contribution in [0.2, 0.25) is 5.02 Å². The molecule has 0 bridgehead atoms. The van der Waals surface area contributed by atoms with Crippen LogP contribution in [0.25, 0.3) is 0 Å². The molecular formula is C19H20ClF3N2O2S. The first-order valence-corrected chi connectivity index (χ1v) is 9.60. The van der Waals surface area contributed by atoms with E-state index in [0.717, 1.165) is 24.7 Å². The minimum Gasteiger partial charge on any atom is -0.464 e. The van der Waals surface area contributed by atoms with Crippen LogP contribution in [-0.4, -0.2) is 29.3 Å². The van der Waals surface area contributed by atoms with E-state index in [2.05, 4.69) is 5.32 Å². The lowest BCUT2D eigenvalue weighted by Gasteiger charge is -2.28. The molecule has 2 aromatic rings. The molecule has 9 heteroatoms. The zero-order chi connectivity index (χ0) is 20.3. The van der Waals surface area contributed by atoms with Crippen LogP contribution in [0, 0.1) is 6.92 Å². The van der Waals surface area contributed by atoms with E-state index in [4.69, 9.17) is 33.0 Å². The summed E-state index contributed by atoms with van der Waals surface area (Å²) < 4.78 is 51.3. The van der Waals surface area contributed by atoms with Crippen molar-refractivity contribution < 1.29 is 22.3 Å². The molecule has 1 unspecified atom stereocenters. The molecule has 0 saturated carbocycles. The number of benzene rings is 1. The smallest absolute Gasteiger partial charge is 0.418 e. The van der Waals surface area contributed by atoms with Gasteiger partial charge in [-0.3, -0.25) is 0 Å². The first-order valence-electron chi connectivity index (χ1n) is 8.82. The molecule has 0 radical (unpaired) electrons. The van der Waals surface area contributed by atoms with Crippen LogP contribution < -0.4 is 5.32 Å². The lowest BCUT2D eigenvalue weighted by Crippen LogP contribution is -2.39. The molecule has 28 heavy (non-hydrogen) atoms. The van der Waals surface area contributed by atoms with E-state index in [9.17, 15) is 13.2 Å². The normalized spacial score (nSPS) is 17.0. The second-order valence-corrected chi connectivity index (χ2v) is 7.47. The Hall–Kier alpha value is -1.77. The predicted octanol–water partition coefficient (Wildman–Crippen LogP) is 5.64. The van der Waals surface area contributed by atoms with E-state index in [1.807, 2.05) is 19.1 Å². The van der Waals surface area contributed by atoms with E-state index in [1.54, 1.807) is 4.90 Å². The maximum absolute atomic E-state index is 13.3. The Morgan fingerprint density at radius 1 is 1.32 bits per heavy atom. The summed E-state index contributed by atoms with van der Waals surface area (Å²) in [4.78, 5) is 1.75. The lowest BCUT2D eigenvalue weighted by molar-refractivity contribution is -0.136. The molecule has 2 heterocycles. The summed E-state index contributed by atoms with van der Waals surface area (Å²) in [5.41, 5.74) is -1.01. The van der Waals surface area contributed by atoms with Gasteiger partial charge in [-0.1, -0.05) is 11.6 Å². The van der Waals surface area contributed by atoms with Crippen molar-refractivity contribution >= 4 is 34.6 Å². The number of anilines is 1. The van der Waals surface area contributed by atoms with Crippen molar-refractivity contribution in [3.8, 4) is 0 Å². The summed E-state index contributed by atoms with van der Waals surface area (Å²) in [6.45, 7) is 3.27. The van der Waals surface area contributed by atoms with Gasteiger partial charge >= 0.3 is 6.18 Å². The number of hydrogen-bond donors (Lipinski definition) is 1. The highest BCUT2D eigenvalue weighted by Crippen LogP contribution is 2.36. The Balaban J connectivity index is 1.81. The van der Waals surface area contributed by atoms with Gasteiger partial charge in [0.2, 0.25) is 0 Å². The third-order valence-electron chi connectivity index (χ3n) is 4.41. The van der Waals surface area contributed by atoms with E-state index >= 15 is 0 Å². The fourth-order valence-corrected chi connectivity index (χ4v) is 3.49. The fourth-order valence-electron chi connectivity index (χ4n) is 3.07. The van der Waals surface area contributed by atoms with Gasteiger partial charge in [-0.2, -0.15) is 13.2 Å². The molecule has 1 atom stereocenters. The Morgan fingerprint density at radius 2 is 2.11 bits per heavy atom. The molecule has 1 aliphatic heterocycles. The van der Waals surface area contributed by atoms with Gasteiger partial charge in [0, 0.05) is 18.2 Å². The molecule has 1 saturated heterocycles. The van der Waals surface area contributed by atoms with Crippen LogP contribution in [0.3, 0.4) is 0 Å². The van der Waals surface area contributed by atoms with Gasteiger partial charge in [-0.05, 0) is 62.3 Å². The number of ether oxygens (including phenoxy) is 1. The second kappa shape index (κ2) is 8.71. The molecule has 4 nitrogen and oxygen atoms in total. The molecule has 1 fully saturated rings. The molecule has 0 aliphatic carbocycles. The monoisotopic (exact) mass is 432 g/mol. The zero-order valence-corrected chi connectivity index (χ0v) is 16.8. The van der Waals surface area contributed by atoms with E-state index < -0.39 is 11.7 Å². The SMILES string of the molecule is Cc1ccc(CN(CC2CCCO2)C(=S)Nc2cc(Cl)ccc2C(F)(F)F)o1. The summed E-state index contributed by atoms with van der Waals surface area (Å²) in [6.07, 6.45) is -2.73. The molecule has 0 spiro atoms. The molecular weight excluding hydrogens is 413 g/mol. The lowest BCUT2D eigenvalue weighted by atomic mass is 10.1. The summed E-state index contributed by atoms with van der Waals surface area (Å²) in [6, 6.07) is 7.01. The number of furan rings is 1. The molecule has 0 amide bonds. The van der Waals surface area contributed by atoms with Crippen LogP contribution in [0.15, 0.2) is 34.7 Å². The molecule has 1 aromatic heterocycles. The van der Waals surface area contributed by atoms with Crippen molar-refractivity contribution in [2.75, 3.05) is 18.5 Å². The minimum atomic E-state index is -4.53. The number of hydrogen-bond acceptors (Lipinski definition) is 3. The number of aryl methyl sites for hydroxylation is 1. The van der Waals surface area contributed by atoms with E-state index in [-0.39, 0.29) is 21.9 Å². The quantitative estimate of drug-likeness (QED) is 0.619. The van der Waals surface area contributed by atoms with Crippen LogP contribution in [-0.2, 0) is 17.5 Å². The topological polar surface area (TPSA) is 37.6 Å². The first-order chi connectivity index (χ1) is 13.2. The standard InChI is InChI=1S/C19H20ClF3N2O2S/c1-12-4-6-15(27-12)11-25(10-14-3-2-8-26-14)18(28)24-17-9-13(20)5-7-16(17)19(21,22)23/h4-7,9,14H,2-3,8,10-11H2,1H3,(H,24,28). The third-order valence-corrected chi connectivity index (χ3v) is 5.00. The maximum atomic E-state index is 13.3. The number of alkyl halides is 3. The average molecular weight is 433 g/mol. The van der Waals surface area contributed by atoms with Crippen molar-refractivity contribution in [2.24, 2.45) is 0 Å². The number of nitrogens with one attached hydrogen (secondary N) is 1. The van der Waals surface area contributed by atoms with Crippen molar-refractivity contribution in [1.29, 1.82) is 0 Å². The number of halogens is 4. The highest BCUT2D eigenvalue weighted by Gasteiger charge is 2.34. The highest BCUT2D eigenvalue weighted by molar-refractivity contribution is 7.80.